The van der Waals surface area contributed by atoms with E-state index >= 15 is 0 Å². The Balaban J connectivity index is 3.88. The van der Waals surface area contributed by atoms with Gasteiger partial charge < -0.3 is 11.5 Å². The van der Waals surface area contributed by atoms with Crippen LogP contribution >= 0.6 is 0 Å². The van der Waals surface area contributed by atoms with E-state index in [1.54, 1.807) is 0 Å². The van der Waals surface area contributed by atoms with E-state index in [0.29, 0.717) is 0 Å². The van der Waals surface area contributed by atoms with Crippen LogP contribution in [0.2, 0.25) is 0 Å². The standard InChI is InChI=1S/C6H17N3/c1-6(2,3)9(4)5(7)8/h5H,7-8H2,1-4H3. The van der Waals surface area contributed by atoms with Crippen LogP contribution in [-0.4, -0.2) is 23.8 Å². The number of rotatable bonds is 1. The van der Waals surface area contributed by atoms with Gasteiger partial charge in [0.2, 0.25) is 0 Å². The van der Waals surface area contributed by atoms with Gasteiger partial charge in [0.15, 0.2) is 0 Å². The largest absolute Gasteiger partial charge is 0.304 e. The summed E-state index contributed by atoms with van der Waals surface area (Å²) in [6.07, 6.45) is -0.356. The van der Waals surface area contributed by atoms with Crippen molar-refractivity contribution in [1.29, 1.82) is 0 Å². The molecular formula is C6H17N3. The average molecular weight is 131 g/mol. The Kier molecular flexibility index (Phi) is 2.61. The molecule has 0 aliphatic carbocycles. The molecule has 0 bridgehead atoms. The van der Waals surface area contributed by atoms with E-state index in [0.717, 1.165) is 0 Å². The third-order valence-corrected chi connectivity index (χ3v) is 1.51. The SMILES string of the molecule is CN(C(N)N)C(C)(C)C. The van der Waals surface area contributed by atoms with Gasteiger partial charge in [0.05, 0.1) is 0 Å². The molecule has 3 heteroatoms. The van der Waals surface area contributed by atoms with E-state index in [1.165, 1.54) is 0 Å². The Morgan fingerprint density at radius 3 is 1.56 bits per heavy atom. The van der Waals surface area contributed by atoms with Gasteiger partial charge in [-0.25, -0.2) is 0 Å². The number of nitrogens with zero attached hydrogens (tertiary/aromatic N) is 1. The van der Waals surface area contributed by atoms with Gasteiger partial charge in [-0.15, -0.1) is 0 Å². The highest BCUT2D eigenvalue weighted by atomic mass is 15.3. The van der Waals surface area contributed by atoms with E-state index in [-0.39, 0.29) is 11.8 Å². The predicted octanol–water partition coefficient (Wildman–Crippen LogP) is -0.0823. The summed E-state index contributed by atoms with van der Waals surface area (Å²) in [6.45, 7) is 6.21. The van der Waals surface area contributed by atoms with Crippen LogP contribution in [0.4, 0.5) is 0 Å². The maximum Gasteiger partial charge on any atom is 0.109 e. The van der Waals surface area contributed by atoms with Crippen molar-refractivity contribution in [3.05, 3.63) is 0 Å². The summed E-state index contributed by atoms with van der Waals surface area (Å²) in [5, 5.41) is 0. The fraction of sp³-hybridized carbons (Fsp3) is 1.00. The van der Waals surface area contributed by atoms with Gasteiger partial charge in [-0.1, -0.05) is 0 Å². The van der Waals surface area contributed by atoms with Gasteiger partial charge in [0, 0.05) is 5.54 Å². The van der Waals surface area contributed by atoms with Crippen molar-refractivity contribution >= 4 is 0 Å². The van der Waals surface area contributed by atoms with Crippen molar-refractivity contribution in [2.45, 2.75) is 32.6 Å². The topological polar surface area (TPSA) is 55.3 Å². The molecule has 9 heavy (non-hydrogen) atoms. The zero-order valence-corrected chi connectivity index (χ0v) is 6.68. The van der Waals surface area contributed by atoms with Crippen LogP contribution in [0.1, 0.15) is 20.8 Å². The first-order chi connectivity index (χ1) is 3.85. The molecule has 3 nitrogen and oxygen atoms in total. The van der Waals surface area contributed by atoms with Crippen molar-refractivity contribution in [1.82, 2.24) is 4.90 Å². The van der Waals surface area contributed by atoms with Crippen molar-refractivity contribution in [2.24, 2.45) is 11.5 Å². The molecule has 0 spiro atoms. The molecule has 56 valence electrons. The summed E-state index contributed by atoms with van der Waals surface area (Å²) in [4.78, 5) is 1.91. The van der Waals surface area contributed by atoms with E-state index in [1.807, 2.05) is 11.9 Å². The first-order valence-electron chi connectivity index (χ1n) is 3.10. The molecule has 0 fully saturated rings. The molecule has 0 aliphatic rings. The zero-order valence-electron chi connectivity index (χ0n) is 6.68. The highest BCUT2D eigenvalue weighted by Gasteiger charge is 2.19. The zero-order chi connectivity index (χ0) is 7.65. The summed E-state index contributed by atoms with van der Waals surface area (Å²) in [5.74, 6) is 0. The number of hydrogen-bond acceptors (Lipinski definition) is 3. The lowest BCUT2D eigenvalue weighted by Crippen LogP contribution is -2.54. The summed E-state index contributed by atoms with van der Waals surface area (Å²) in [7, 11) is 1.91. The van der Waals surface area contributed by atoms with Crippen molar-refractivity contribution in [2.75, 3.05) is 7.05 Å². The Hall–Kier alpha value is -0.120. The second-order valence-corrected chi connectivity index (χ2v) is 3.27. The van der Waals surface area contributed by atoms with Crippen molar-refractivity contribution in [3.63, 3.8) is 0 Å². The van der Waals surface area contributed by atoms with E-state index in [9.17, 15) is 0 Å². The van der Waals surface area contributed by atoms with Crippen molar-refractivity contribution in [3.8, 4) is 0 Å². The molecule has 0 heterocycles. The van der Waals surface area contributed by atoms with Gasteiger partial charge in [0.25, 0.3) is 0 Å². The highest BCUT2D eigenvalue weighted by Crippen LogP contribution is 2.09. The molecule has 0 aromatic rings. The van der Waals surface area contributed by atoms with Gasteiger partial charge >= 0.3 is 0 Å². The minimum absolute atomic E-state index is 0.0637. The number of hydrogen-bond donors (Lipinski definition) is 2. The number of nitrogens with two attached hydrogens (primary N) is 2. The second-order valence-electron chi connectivity index (χ2n) is 3.27. The normalized spacial score (nSPS) is 13.3. The van der Waals surface area contributed by atoms with E-state index in [2.05, 4.69) is 20.8 Å². The summed E-state index contributed by atoms with van der Waals surface area (Å²) >= 11 is 0. The van der Waals surface area contributed by atoms with Crippen LogP contribution in [-0.2, 0) is 0 Å². The molecule has 0 amide bonds. The molecule has 0 aliphatic heterocycles. The molecule has 0 saturated heterocycles. The maximum absolute atomic E-state index is 5.43. The predicted molar refractivity (Wildman–Crippen MR) is 39.7 cm³/mol. The van der Waals surface area contributed by atoms with Crippen LogP contribution in [0.5, 0.6) is 0 Å². The molecule has 0 atom stereocenters. The quantitative estimate of drug-likeness (QED) is 0.489. The summed E-state index contributed by atoms with van der Waals surface area (Å²) < 4.78 is 0. The van der Waals surface area contributed by atoms with Gasteiger partial charge in [-0.05, 0) is 27.8 Å². The third-order valence-electron chi connectivity index (χ3n) is 1.51. The molecule has 0 unspecified atom stereocenters. The molecule has 0 aromatic carbocycles. The smallest absolute Gasteiger partial charge is 0.109 e. The average Bonchev–Trinajstić information content (AvgIpc) is 1.62. The van der Waals surface area contributed by atoms with Gasteiger partial charge in [-0.2, -0.15) is 0 Å². The Morgan fingerprint density at radius 1 is 1.22 bits per heavy atom. The van der Waals surface area contributed by atoms with Crippen LogP contribution in [0.3, 0.4) is 0 Å². The molecule has 4 N–H and O–H groups in total. The van der Waals surface area contributed by atoms with E-state index < -0.39 is 0 Å². The Labute approximate surface area is 57.0 Å². The third kappa shape index (κ3) is 2.79. The van der Waals surface area contributed by atoms with E-state index in [4.69, 9.17) is 11.5 Å². The first-order valence-corrected chi connectivity index (χ1v) is 3.10. The fourth-order valence-corrected chi connectivity index (χ4v) is 0.447. The Morgan fingerprint density at radius 2 is 1.56 bits per heavy atom. The molecule has 0 radical (unpaired) electrons. The van der Waals surface area contributed by atoms with Gasteiger partial charge in [-0.3, -0.25) is 4.90 Å². The molecule has 0 rings (SSSR count). The Bertz CT molecular complexity index is 82.8. The molecular weight excluding hydrogens is 114 g/mol. The summed E-state index contributed by atoms with van der Waals surface area (Å²) in [6, 6.07) is 0. The van der Waals surface area contributed by atoms with Crippen LogP contribution < -0.4 is 11.5 Å². The van der Waals surface area contributed by atoms with Crippen LogP contribution in [0, 0.1) is 0 Å². The molecule has 0 saturated carbocycles. The maximum atomic E-state index is 5.43. The summed E-state index contributed by atoms with van der Waals surface area (Å²) in [5.41, 5.74) is 10.9. The van der Waals surface area contributed by atoms with Crippen LogP contribution in [0.25, 0.3) is 0 Å². The van der Waals surface area contributed by atoms with Gasteiger partial charge in [0.1, 0.15) is 6.29 Å². The first kappa shape index (κ1) is 8.88. The minimum Gasteiger partial charge on any atom is -0.304 e. The van der Waals surface area contributed by atoms with Crippen LogP contribution in [0.15, 0.2) is 0 Å². The lowest BCUT2D eigenvalue weighted by molar-refractivity contribution is 0.123. The monoisotopic (exact) mass is 131 g/mol. The lowest BCUT2D eigenvalue weighted by Gasteiger charge is -2.34. The fourth-order valence-electron chi connectivity index (χ4n) is 0.447. The highest BCUT2D eigenvalue weighted by molar-refractivity contribution is 4.73. The van der Waals surface area contributed by atoms with Crippen molar-refractivity contribution < 1.29 is 0 Å². The molecule has 0 aromatic heterocycles. The second kappa shape index (κ2) is 2.64. The minimum atomic E-state index is -0.356. The lowest BCUT2D eigenvalue weighted by atomic mass is 10.1.